The fraction of sp³-hybridized carbons (Fsp3) is 0.900. The smallest absolute Gasteiger partial charge is 0.216 e. The van der Waals surface area contributed by atoms with Crippen LogP contribution in [0, 0.1) is 5.41 Å². The zero-order chi connectivity index (χ0) is 10.3. The Morgan fingerprint density at radius 1 is 1.15 bits per heavy atom. The van der Waals surface area contributed by atoms with E-state index in [1.54, 1.807) is 0 Å². The predicted molar refractivity (Wildman–Crippen MR) is 55.6 cm³/mol. The van der Waals surface area contributed by atoms with Crippen molar-refractivity contribution in [1.82, 2.24) is 10.6 Å². The van der Waals surface area contributed by atoms with E-state index in [1.165, 1.54) is 6.92 Å². The van der Waals surface area contributed by atoms with Gasteiger partial charge in [-0.1, -0.05) is 20.8 Å². The Balaban J connectivity index is 3.13. The topological polar surface area (TPSA) is 41.1 Å². The summed E-state index contributed by atoms with van der Waals surface area (Å²) >= 11 is 0. The minimum absolute atomic E-state index is 0.0395. The standard InChI is InChI=1S/C10H22N2O/c1-9(13)12-8-7-11-6-5-10(2,3)4/h11H,5-8H2,1-4H3,(H,12,13). The third-order valence-electron chi connectivity index (χ3n) is 1.73. The summed E-state index contributed by atoms with van der Waals surface area (Å²) in [5.74, 6) is 0.0395. The quantitative estimate of drug-likeness (QED) is 0.632. The fourth-order valence-corrected chi connectivity index (χ4v) is 0.915. The summed E-state index contributed by atoms with van der Waals surface area (Å²) in [5.41, 5.74) is 0.390. The van der Waals surface area contributed by atoms with E-state index in [1.807, 2.05) is 0 Å². The molecule has 0 heterocycles. The summed E-state index contributed by atoms with van der Waals surface area (Å²) in [6.07, 6.45) is 1.16. The van der Waals surface area contributed by atoms with E-state index in [9.17, 15) is 4.79 Å². The zero-order valence-corrected chi connectivity index (χ0v) is 9.24. The average Bonchev–Trinajstić information content (AvgIpc) is 1.93. The summed E-state index contributed by atoms with van der Waals surface area (Å²) in [4.78, 5) is 10.5. The highest BCUT2D eigenvalue weighted by molar-refractivity contribution is 5.72. The number of nitrogens with one attached hydrogen (secondary N) is 2. The third-order valence-corrected chi connectivity index (χ3v) is 1.73. The van der Waals surface area contributed by atoms with Gasteiger partial charge in [0.25, 0.3) is 0 Å². The first-order valence-corrected chi connectivity index (χ1v) is 4.87. The molecule has 0 fully saturated rings. The molecule has 0 saturated heterocycles. The average molecular weight is 186 g/mol. The van der Waals surface area contributed by atoms with Gasteiger partial charge in [-0.25, -0.2) is 0 Å². The molecule has 0 atom stereocenters. The van der Waals surface area contributed by atoms with Gasteiger partial charge in [-0.2, -0.15) is 0 Å². The highest BCUT2D eigenvalue weighted by atomic mass is 16.1. The number of amides is 1. The normalized spacial score (nSPS) is 11.4. The largest absolute Gasteiger partial charge is 0.355 e. The van der Waals surface area contributed by atoms with E-state index in [0.29, 0.717) is 5.41 Å². The molecule has 0 bridgehead atoms. The molecule has 13 heavy (non-hydrogen) atoms. The molecule has 0 aromatic heterocycles. The molecule has 0 aromatic carbocycles. The van der Waals surface area contributed by atoms with Crippen LogP contribution in [-0.2, 0) is 4.79 Å². The van der Waals surface area contributed by atoms with Crippen molar-refractivity contribution in [2.45, 2.75) is 34.1 Å². The summed E-state index contributed by atoms with van der Waals surface area (Å²) in [6, 6.07) is 0. The number of rotatable bonds is 5. The zero-order valence-electron chi connectivity index (χ0n) is 9.24. The van der Waals surface area contributed by atoms with Gasteiger partial charge in [0.2, 0.25) is 5.91 Å². The van der Waals surface area contributed by atoms with Crippen LogP contribution < -0.4 is 10.6 Å². The van der Waals surface area contributed by atoms with E-state index in [0.717, 1.165) is 26.1 Å². The van der Waals surface area contributed by atoms with Crippen LogP contribution in [0.1, 0.15) is 34.1 Å². The number of hydrogen-bond acceptors (Lipinski definition) is 2. The Labute approximate surface area is 81.3 Å². The Morgan fingerprint density at radius 2 is 1.77 bits per heavy atom. The molecule has 0 aromatic rings. The molecule has 0 saturated carbocycles. The molecule has 0 radical (unpaired) electrons. The van der Waals surface area contributed by atoms with E-state index in [2.05, 4.69) is 31.4 Å². The van der Waals surface area contributed by atoms with Crippen LogP contribution in [0.25, 0.3) is 0 Å². The highest BCUT2D eigenvalue weighted by Gasteiger charge is 2.08. The number of carbonyl (C=O) groups excluding carboxylic acids is 1. The SMILES string of the molecule is CC(=O)NCCNCCC(C)(C)C. The molecule has 0 aliphatic rings. The van der Waals surface area contributed by atoms with Crippen molar-refractivity contribution in [1.29, 1.82) is 0 Å². The van der Waals surface area contributed by atoms with Gasteiger partial charge in [0, 0.05) is 20.0 Å². The second-order valence-electron chi connectivity index (χ2n) is 4.54. The van der Waals surface area contributed by atoms with Crippen molar-refractivity contribution in [3.63, 3.8) is 0 Å². The van der Waals surface area contributed by atoms with Gasteiger partial charge in [-0.05, 0) is 18.4 Å². The van der Waals surface area contributed by atoms with Gasteiger partial charge in [0.05, 0.1) is 0 Å². The van der Waals surface area contributed by atoms with Gasteiger partial charge in [0.1, 0.15) is 0 Å². The summed E-state index contributed by atoms with van der Waals surface area (Å²) in [5, 5.41) is 6.02. The van der Waals surface area contributed by atoms with Crippen molar-refractivity contribution in [2.24, 2.45) is 5.41 Å². The number of hydrogen-bond donors (Lipinski definition) is 2. The molecule has 2 N–H and O–H groups in total. The van der Waals surface area contributed by atoms with Crippen LogP contribution in [0.3, 0.4) is 0 Å². The Morgan fingerprint density at radius 3 is 2.23 bits per heavy atom. The van der Waals surface area contributed by atoms with Crippen molar-refractivity contribution in [3.8, 4) is 0 Å². The van der Waals surface area contributed by atoms with E-state index in [4.69, 9.17) is 0 Å². The molecule has 0 rings (SSSR count). The predicted octanol–water partition coefficient (Wildman–Crippen LogP) is 1.15. The molecule has 78 valence electrons. The van der Waals surface area contributed by atoms with Crippen molar-refractivity contribution < 1.29 is 4.79 Å². The minimum Gasteiger partial charge on any atom is -0.355 e. The second-order valence-corrected chi connectivity index (χ2v) is 4.54. The maximum Gasteiger partial charge on any atom is 0.216 e. The first-order chi connectivity index (χ1) is 5.92. The van der Waals surface area contributed by atoms with Gasteiger partial charge in [0.15, 0.2) is 0 Å². The van der Waals surface area contributed by atoms with Crippen LogP contribution in [0.2, 0.25) is 0 Å². The Hall–Kier alpha value is -0.570. The molecular formula is C10H22N2O. The summed E-state index contributed by atoms with van der Waals surface area (Å²) in [7, 11) is 0. The fourth-order valence-electron chi connectivity index (χ4n) is 0.915. The van der Waals surface area contributed by atoms with Gasteiger partial charge in [-0.3, -0.25) is 4.79 Å². The lowest BCUT2D eigenvalue weighted by atomic mass is 9.92. The van der Waals surface area contributed by atoms with Crippen molar-refractivity contribution in [3.05, 3.63) is 0 Å². The molecule has 3 heteroatoms. The van der Waals surface area contributed by atoms with Crippen molar-refractivity contribution in [2.75, 3.05) is 19.6 Å². The first kappa shape index (κ1) is 12.4. The van der Waals surface area contributed by atoms with E-state index >= 15 is 0 Å². The Kier molecular flexibility index (Phi) is 5.71. The third kappa shape index (κ3) is 11.4. The molecule has 0 aliphatic carbocycles. The van der Waals surface area contributed by atoms with Gasteiger partial charge in [-0.15, -0.1) is 0 Å². The lowest BCUT2D eigenvalue weighted by Crippen LogP contribution is -2.31. The molecule has 3 nitrogen and oxygen atoms in total. The maximum atomic E-state index is 10.5. The molecule has 0 spiro atoms. The maximum absolute atomic E-state index is 10.5. The lowest BCUT2D eigenvalue weighted by Gasteiger charge is -2.17. The second kappa shape index (κ2) is 5.97. The molecule has 1 amide bonds. The molecule has 0 unspecified atom stereocenters. The van der Waals surface area contributed by atoms with E-state index in [-0.39, 0.29) is 5.91 Å². The molecule has 0 aliphatic heterocycles. The molecular weight excluding hydrogens is 164 g/mol. The van der Waals surface area contributed by atoms with Crippen LogP contribution >= 0.6 is 0 Å². The van der Waals surface area contributed by atoms with Gasteiger partial charge >= 0.3 is 0 Å². The monoisotopic (exact) mass is 186 g/mol. The first-order valence-electron chi connectivity index (χ1n) is 4.87. The summed E-state index contributed by atoms with van der Waals surface area (Å²) < 4.78 is 0. The highest BCUT2D eigenvalue weighted by Crippen LogP contribution is 2.16. The van der Waals surface area contributed by atoms with Crippen LogP contribution in [-0.4, -0.2) is 25.5 Å². The minimum atomic E-state index is 0.0395. The summed E-state index contributed by atoms with van der Waals surface area (Å²) in [6.45, 7) is 10.8. The van der Waals surface area contributed by atoms with E-state index < -0.39 is 0 Å². The number of carbonyl (C=O) groups is 1. The van der Waals surface area contributed by atoms with Crippen LogP contribution in [0.15, 0.2) is 0 Å². The Bertz CT molecular complexity index is 149. The van der Waals surface area contributed by atoms with Crippen LogP contribution in [0.4, 0.5) is 0 Å². The van der Waals surface area contributed by atoms with Crippen LogP contribution in [0.5, 0.6) is 0 Å². The van der Waals surface area contributed by atoms with Crippen molar-refractivity contribution >= 4 is 5.91 Å². The van der Waals surface area contributed by atoms with Gasteiger partial charge < -0.3 is 10.6 Å². The lowest BCUT2D eigenvalue weighted by molar-refractivity contribution is -0.118.